The van der Waals surface area contributed by atoms with Crippen molar-refractivity contribution in [1.82, 2.24) is 15.2 Å². The van der Waals surface area contributed by atoms with Gasteiger partial charge in [0.25, 0.3) is 0 Å². The summed E-state index contributed by atoms with van der Waals surface area (Å²) >= 11 is 0. The van der Waals surface area contributed by atoms with E-state index in [2.05, 4.69) is 17.4 Å². The zero-order valence-corrected chi connectivity index (χ0v) is 12.0. The minimum atomic E-state index is -0.0590. The van der Waals surface area contributed by atoms with E-state index in [4.69, 9.17) is 10.6 Å². The van der Waals surface area contributed by atoms with Crippen molar-refractivity contribution < 1.29 is 4.74 Å². The largest absolute Gasteiger partial charge is 0.494 e. The minimum Gasteiger partial charge on any atom is -0.494 e. The molecule has 0 amide bonds. The fraction of sp³-hybridized carbons (Fsp3) is 0.400. The number of benzene rings is 1. The second-order valence-corrected chi connectivity index (χ2v) is 4.64. The summed E-state index contributed by atoms with van der Waals surface area (Å²) in [6, 6.07) is 7.90. The molecule has 1 aromatic carbocycles. The number of hydrazine groups is 1. The lowest BCUT2D eigenvalue weighted by Gasteiger charge is -2.15. The highest BCUT2D eigenvalue weighted by Gasteiger charge is 2.14. The zero-order chi connectivity index (χ0) is 14.4. The van der Waals surface area contributed by atoms with E-state index < -0.39 is 0 Å². The molecule has 3 N–H and O–H groups in total. The van der Waals surface area contributed by atoms with Crippen LogP contribution in [-0.4, -0.2) is 16.4 Å². The molecule has 0 saturated carbocycles. The van der Waals surface area contributed by atoms with Crippen molar-refractivity contribution in [3.05, 3.63) is 47.8 Å². The third kappa shape index (κ3) is 3.37. The van der Waals surface area contributed by atoms with Crippen molar-refractivity contribution in [3.63, 3.8) is 0 Å². The van der Waals surface area contributed by atoms with Crippen LogP contribution in [0.4, 0.5) is 0 Å². The van der Waals surface area contributed by atoms with Gasteiger partial charge in [0.1, 0.15) is 5.75 Å². The second kappa shape index (κ2) is 7.07. The summed E-state index contributed by atoms with van der Waals surface area (Å²) < 4.78 is 7.39. The number of aryl methyl sites for hydroxylation is 1. The van der Waals surface area contributed by atoms with Crippen LogP contribution < -0.4 is 16.0 Å². The molecule has 5 heteroatoms. The molecular formula is C15H22N4O. The van der Waals surface area contributed by atoms with Gasteiger partial charge >= 0.3 is 0 Å². The second-order valence-electron chi connectivity index (χ2n) is 4.64. The Bertz CT molecular complexity index is 521. The number of nitrogens with two attached hydrogens (primary N) is 1. The molecule has 2 rings (SSSR count). The van der Waals surface area contributed by atoms with Gasteiger partial charge in [0, 0.05) is 18.3 Å². The quantitative estimate of drug-likeness (QED) is 0.600. The topological polar surface area (TPSA) is 65.1 Å². The third-order valence-corrected chi connectivity index (χ3v) is 3.13. The minimum absolute atomic E-state index is 0.0590. The molecule has 0 aliphatic heterocycles. The predicted molar refractivity (Wildman–Crippen MR) is 79.3 cm³/mol. The van der Waals surface area contributed by atoms with Crippen LogP contribution in [0.1, 0.15) is 37.4 Å². The van der Waals surface area contributed by atoms with Crippen LogP contribution in [-0.2, 0) is 6.54 Å². The number of ether oxygens (including phenoxy) is 1. The Morgan fingerprint density at radius 2 is 2.00 bits per heavy atom. The highest BCUT2D eigenvalue weighted by molar-refractivity contribution is 5.33. The standard InChI is InChI=1S/C15H22N4O/c1-3-9-19-11-13(10-17-19)15(18-16)12-5-7-14(8-6-12)20-4-2/h5-8,10-11,15,18H,3-4,9,16H2,1-2H3. The van der Waals surface area contributed by atoms with Gasteiger partial charge in [0.05, 0.1) is 18.8 Å². The van der Waals surface area contributed by atoms with Gasteiger partial charge in [0.2, 0.25) is 0 Å². The highest BCUT2D eigenvalue weighted by atomic mass is 16.5. The van der Waals surface area contributed by atoms with Gasteiger partial charge in [-0.2, -0.15) is 5.10 Å². The van der Waals surface area contributed by atoms with Crippen LogP contribution in [0, 0.1) is 0 Å². The summed E-state index contributed by atoms with van der Waals surface area (Å²) in [5, 5.41) is 4.34. The van der Waals surface area contributed by atoms with Crippen molar-refractivity contribution in [2.75, 3.05) is 6.61 Å². The number of nitrogens with one attached hydrogen (secondary N) is 1. The van der Waals surface area contributed by atoms with Crippen LogP contribution in [0.5, 0.6) is 5.75 Å². The van der Waals surface area contributed by atoms with E-state index in [0.717, 1.165) is 29.8 Å². The monoisotopic (exact) mass is 274 g/mol. The van der Waals surface area contributed by atoms with E-state index in [-0.39, 0.29) is 6.04 Å². The molecule has 0 radical (unpaired) electrons. The van der Waals surface area contributed by atoms with Crippen LogP contribution >= 0.6 is 0 Å². The number of hydrogen-bond donors (Lipinski definition) is 2. The lowest BCUT2D eigenvalue weighted by Crippen LogP contribution is -2.28. The Kier molecular flexibility index (Phi) is 5.15. The molecule has 0 fully saturated rings. The Hall–Kier alpha value is -1.85. The summed E-state index contributed by atoms with van der Waals surface area (Å²) in [7, 11) is 0. The first-order chi connectivity index (χ1) is 9.78. The molecule has 0 aliphatic carbocycles. The molecule has 0 aliphatic rings. The molecule has 0 spiro atoms. The van der Waals surface area contributed by atoms with Crippen molar-refractivity contribution in [3.8, 4) is 5.75 Å². The summed E-state index contributed by atoms with van der Waals surface area (Å²) in [6.45, 7) is 5.69. The predicted octanol–water partition coefficient (Wildman–Crippen LogP) is 2.24. The molecule has 1 unspecified atom stereocenters. The highest BCUT2D eigenvalue weighted by Crippen LogP contribution is 2.23. The summed E-state index contributed by atoms with van der Waals surface area (Å²) in [5.41, 5.74) is 5.00. The number of nitrogens with zero attached hydrogens (tertiary/aromatic N) is 2. The Labute approximate surface area is 119 Å². The normalized spacial score (nSPS) is 12.3. The van der Waals surface area contributed by atoms with Gasteiger partial charge in [-0.05, 0) is 31.0 Å². The first kappa shape index (κ1) is 14.6. The zero-order valence-electron chi connectivity index (χ0n) is 12.0. The van der Waals surface area contributed by atoms with E-state index in [1.807, 2.05) is 48.3 Å². The van der Waals surface area contributed by atoms with E-state index >= 15 is 0 Å². The van der Waals surface area contributed by atoms with Gasteiger partial charge in [-0.3, -0.25) is 10.5 Å². The van der Waals surface area contributed by atoms with Crippen molar-refractivity contribution >= 4 is 0 Å². The maximum absolute atomic E-state index is 5.70. The maximum atomic E-state index is 5.70. The van der Waals surface area contributed by atoms with Crippen molar-refractivity contribution in [2.45, 2.75) is 32.9 Å². The SMILES string of the molecule is CCCn1cc(C(NN)c2ccc(OCC)cc2)cn1. The first-order valence-electron chi connectivity index (χ1n) is 6.99. The molecule has 0 bridgehead atoms. The molecule has 5 nitrogen and oxygen atoms in total. The van der Waals surface area contributed by atoms with E-state index in [0.29, 0.717) is 6.61 Å². The van der Waals surface area contributed by atoms with Crippen LogP contribution in [0.2, 0.25) is 0 Å². The van der Waals surface area contributed by atoms with Crippen molar-refractivity contribution in [2.24, 2.45) is 5.84 Å². The van der Waals surface area contributed by atoms with Gasteiger partial charge in [-0.1, -0.05) is 19.1 Å². The number of aromatic nitrogens is 2. The van der Waals surface area contributed by atoms with Crippen LogP contribution in [0.25, 0.3) is 0 Å². The summed E-state index contributed by atoms with van der Waals surface area (Å²) in [4.78, 5) is 0. The van der Waals surface area contributed by atoms with E-state index in [9.17, 15) is 0 Å². The molecule has 1 aromatic heterocycles. The fourth-order valence-corrected chi connectivity index (χ4v) is 2.19. The summed E-state index contributed by atoms with van der Waals surface area (Å²) in [6.07, 6.45) is 4.95. The number of rotatable bonds is 7. The Morgan fingerprint density at radius 3 is 2.60 bits per heavy atom. The Balaban J connectivity index is 2.17. The van der Waals surface area contributed by atoms with E-state index in [1.165, 1.54) is 0 Å². The Morgan fingerprint density at radius 1 is 1.25 bits per heavy atom. The molecule has 2 aromatic rings. The smallest absolute Gasteiger partial charge is 0.119 e. The van der Waals surface area contributed by atoms with Gasteiger partial charge < -0.3 is 4.74 Å². The van der Waals surface area contributed by atoms with Crippen molar-refractivity contribution in [1.29, 1.82) is 0 Å². The molecule has 108 valence electrons. The van der Waals surface area contributed by atoms with Gasteiger partial charge in [-0.25, -0.2) is 5.43 Å². The van der Waals surface area contributed by atoms with Crippen LogP contribution in [0.15, 0.2) is 36.7 Å². The molecule has 1 heterocycles. The molecular weight excluding hydrogens is 252 g/mol. The lowest BCUT2D eigenvalue weighted by atomic mass is 10.0. The van der Waals surface area contributed by atoms with Gasteiger partial charge in [-0.15, -0.1) is 0 Å². The maximum Gasteiger partial charge on any atom is 0.119 e. The third-order valence-electron chi connectivity index (χ3n) is 3.13. The average molecular weight is 274 g/mol. The number of hydrogen-bond acceptors (Lipinski definition) is 4. The van der Waals surface area contributed by atoms with Crippen LogP contribution in [0.3, 0.4) is 0 Å². The lowest BCUT2D eigenvalue weighted by molar-refractivity contribution is 0.340. The molecule has 0 saturated heterocycles. The fourth-order valence-electron chi connectivity index (χ4n) is 2.19. The van der Waals surface area contributed by atoms with E-state index in [1.54, 1.807) is 0 Å². The molecule has 1 atom stereocenters. The average Bonchev–Trinajstić information content (AvgIpc) is 2.91. The summed E-state index contributed by atoms with van der Waals surface area (Å²) in [5.74, 6) is 6.57. The van der Waals surface area contributed by atoms with Gasteiger partial charge in [0.15, 0.2) is 0 Å². The first-order valence-corrected chi connectivity index (χ1v) is 6.99. The molecule has 20 heavy (non-hydrogen) atoms.